The molecule has 1 saturated carbocycles. The van der Waals surface area contributed by atoms with Crippen LogP contribution in [0.15, 0.2) is 82.7 Å². The molecule has 1 heterocycles. The van der Waals surface area contributed by atoms with Gasteiger partial charge in [-0.3, -0.25) is 19.0 Å². The zero-order chi connectivity index (χ0) is 25.1. The van der Waals surface area contributed by atoms with E-state index in [2.05, 4.69) is 15.6 Å². The molecule has 3 aromatic carbocycles. The van der Waals surface area contributed by atoms with Gasteiger partial charge in [-0.25, -0.2) is 4.98 Å². The molecule has 0 radical (unpaired) electrons. The van der Waals surface area contributed by atoms with E-state index < -0.39 is 0 Å². The summed E-state index contributed by atoms with van der Waals surface area (Å²) in [5.74, 6) is -0.146. The second-order valence-corrected chi connectivity index (χ2v) is 9.89. The zero-order valence-electron chi connectivity index (χ0n) is 19.9. The Morgan fingerprint density at radius 3 is 2.44 bits per heavy atom. The van der Waals surface area contributed by atoms with Crippen molar-refractivity contribution >= 4 is 40.2 Å². The van der Waals surface area contributed by atoms with Crippen LogP contribution in [0.2, 0.25) is 0 Å². The number of nitrogens with one attached hydrogen (secondary N) is 2. The molecule has 182 valence electrons. The molecule has 7 nitrogen and oxygen atoms in total. The molecule has 0 saturated heterocycles. The van der Waals surface area contributed by atoms with Gasteiger partial charge in [-0.05, 0) is 61.7 Å². The predicted molar refractivity (Wildman–Crippen MR) is 143 cm³/mol. The van der Waals surface area contributed by atoms with Crippen molar-refractivity contribution in [3.8, 4) is 0 Å². The summed E-state index contributed by atoms with van der Waals surface area (Å²) in [7, 11) is 0. The lowest BCUT2D eigenvalue weighted by molar-refractivity contribution is -0.113. The maximum Gasteiger partial charge on any atom is 0.262 e. The fourth-order valence-electron chi connectivity index (χ4n) is 3.80. The minimum atomic E-state index is -0.177. The number of hydrogen-bond acceptors (Lipinski definition) is 5. The number of fused-ring (bicyclic) bond motifs is 1. The van der Waals surface area contributed by atoms with Crippen LogP contribution in [0.5, 0.6) is 0 Å². The number of hydrogen-bond donors (Lipinski definition) is 2. The van der Waals surface area contributed by atoms with Gasteiger partial charge in [-0.1, -0.05) is 53.7 Å². The van der Waals surface area contributed by atoms with E-state index in [1.165, 1.54) is 11.8 Å². The summed E-state index contributed by atoms with van der Waals surface area (Å²) >= 11 is 1.22. The Bertz CT molecular complexity index is 1480. The first-order valence-corrected chi connectivity index (χ1v) is 12.8. The Balaban J connectivity index is 1.36. The summed E-state index contributed by atoms with van der Waals surface area (Å²) in [5.41, 5.74) is 3.72. The molecule has 1 aromatic heterocycles. The van der Waals surface area contributed by atoms with Crippen LogP contribution in [-0.4, -0.2) is 33.2 Å². The van der Waals surface area contributed by atoms with E-state index in [4.69, 9.17) is 0 Å². The predicted octanol–water partition coefficient (Wildman–Crippen LogP) is 4.38. The number of aryl methyl sites for hydroxylation is 1. The molecular formula is C28H26N4O3S. The third-order valence-electron chi connectivity index (χ3n) is 5.96. The Hall–Kier alpha value is -3.91. The fraction of sp³-hybridized carbons (Fsp3) is 0.214. The van der Waals surface area contributed by atoms with E-state index in [0.29, 0.717) is 27.7 Å². The highest BCUT2D eigenvalue weighted by molar-refractivity contribution is 7.99. The van der Waals surface area contributed by atoms with Gasteiger partial charge < -0.3 is 10.6 Å². The van der Waals surface area contributed by atoms with Crippen molar-refractivity contribution < 1.29 is 9.59 Å². The molecule has 2 N–H and O–H groups in total. The van der Waals surface area contributed by atoms with Crippen LogP contribution in [0.1, 0.15) is 34.3 Å². The van der Waals surface area contributed by atoms with Gasteiger partial charge in [-0.15, -0.1) is 0 Å². The van der Waals surface area contributed by atoms with Crippen molar-refractivity contribution in [3.63, 3.8) is 0 Å². The highest BCUT2D eigenvalue weighted by Crippen LogP contribution is 2.21. The number of para-hydroxylation sites is 1. The van der Waals surface area contributed by atoms with Crippen molar-refractivity contribution in [1.82, 2.24) is 14.9 Å². The number of amides is 2. The molecule has 8 heteroatoms. The number of aromatic nitrogens is 2. The molecule has 1 aliphatic rings. The second kappa shape index (κ2) is 10.4. The van der Waals surface area contributed by atoms with Crippen molar-refractivity contribution in [1.29, 1.82) is 0 Å². The van der Waals surface area contributed by atoms with Crippen LogP contribution in [0.4, 0.5) is 5.69 Å². The summed E-state index contributed by atoms with van der Waals surface area (Å²) in [6, 6.07) is 22.3. The first-order valence-electron chi connectivity index (χ1n) is 11.8. The van der Waals surface area contributed by atoms with Gasteiger partial charge in [0.2, 0.25) is 5.91 Å². The van der Waals surface area contributed by atoms with E-state index >= 15 is 0 Å². The molecule has 36 heavy (non-hydrogen) atoms. The molecule has 1 fully saturated rings. The van der Waals surface area contributed by atoms with Gasteiger partial charge in [0.1, 0.15) is 0 Å². The monoisotopic (exact) mass is 498 g/mol. The van der Waals surface area contributed by atoms with Crippen LogP contribution in [0.25, 0.3) is 10.9 Å². The quantitative estimate of drug-likeness (QED) is 0.278. The van der Waals surface area contributed by atoms with Crippen LogP contribution in [0, 0.1) is 6.92 Å². The minimum Gasteiger partial charge on any atom is -0.349 e. The van der Waals surface area contributed by atoms with Crippen LogP contribution in [0.3, 0.4) is 0 Å². The molecule has 0 aliphatic heterocycles. The molecule has 0 bridgehead atoms. The summed E-state index contributed by atoms with van der Waals surface area (Å²) in [4.78, 5) is 42.9. The SMILES string of the molecule is Cc1ccc(NC(=O)CSc2nc3ccccc3c(=O)n2Cc2ccc(C(=O)NC3CC3)cc2)cc1. The number of anilines is 1. The van der Waals surface area contributed by atoms with Crippen LogP contribution >= 0.6 is 11.8 Å². The van der Waals surface area contributed by atoms with Crippen molar-refractivity contribution in [2.75, 3.05) is 11.1 Å². The number of benzene rings is 3. The molecule has 2 amide bonds. The third-order valence-corrected chi connectivity index (χ3v) is 6.94. The molecule has 0 atom stereocenters. The maximum absolute atomic E-state index is 13.4. The molecule has 4 aromatic rings. The minimum absolute atomic E-state index is 0.0792. The lowest BCUT2D eigenvalue weighted by Gasteiger charge is -2.14. The smallest absolute Gasteiger partial charge is 0.262 e. The van der Waals surface area contributed by atoms with Gasteiger partial charge in [0.05, 0.1) is 23.2 Å². The molecule has 0 spiro atoms. The zero-order valence-corrected chi connectivity index (χ0v) is 20.7. The lowest BCUT2D eigenvalue weighted by atomic mass is 10.1. The van der Waals surface area contributed by atoms with Gasteiger partial charge in [-0.2, -0.15) is 0 Å². The normalized spacial score (nSPS) is 12.9. The highest BCUT2D eigenvalue weighted by Gasteiger charge is 2.23. The van der Waals surface area contributed by atoms with Gasteiger partial charge in [0, 0.05) is 17.3 Å². The Morgan fingerprint density at radius 1 is 1.00 bits per heavy atom. The summed E-state index contributed by atoms with van der Waals surface area (Å²) in [5, 5.41) is 6.85. The van der Waals surface area contributed by atoms with Crippen molar-refractivity contribution in [2.24, 2.45) is 0 Å². The van der Waals surface area contributed by atoms with Gasteiger partial charge in [0.25, 0.3) is 11.5 Å². The largest absolute Gasteiger partial charge is 0.349 e. The van der Waals surface area contributed by atoms with E-state index in [9.17, 15) is 14.4 Å². The molecular weight excluding hydrogens is 472 g/mol. The number of carbonyl (C=O) groups is 2. The lowest BCUT2D eigenvalue weighted by Crippen LogP contribution is -2.26. The number of nitrogens with zero attached hydrogens (tertiary/aromatic N) is 2. The summed E-state index contributed by atoms with van der Waals surface area (Å²) in [6.07, 6.45) is 2.07. The fourth-order valence-corrected chi connectivity index (χ4v) is 4.60. The van der Waals surface area contributed by atoms with Crippen LogP contribution in [-0.2, 0) is 11.3 Å². The number of carbonyl (C=O) groups excluding carboxylic acids is 2. The Kier molecular flexibility index (Phi) is 6.86. The van der Waals surface area contributed by atoms with Gasteiger partial charge in [0.15, 0.2) is 5.16 Å². The van der Waals surface area contributed by atoms with E-state index in [1.807, 2.05) is 55.5 Å². The molecule has 0 unspecified atom stereocenters. The first kappa shape index (κ1) is 23.8. The molecule has 5 rings (SSSR count). The average Bonchev–Trinajstić information content (AvgIpc) is 3.70. The Morgan fingerprint density at radius 2 is 1.72 bits per heavy atom. The van der Waals surface area contributed by atoms with Crippen molar-refractivity contribution in [2.45, 2.75) is 37.5 Å². The summed E-state index contributed by atoms with van der Waals surface area (Å²) < 4.78 is 1.59. The first-order chi connectivity index (χ1) is 17.5. The van der Waals surface area contributed by atoms with E-state index in [1.54, 1.807) is 28.8 Å². The van der Waals surface area contributed by atoms with E-state index in [-0.39, 0.29) is 29.7 Å². The standard InChI is InChI=1S/C28H26N4O3S/c1-18-6-12-21(13-7-18)29-25(33)17-36-28-31-24-5-3-2-4-23(24)27(35)32(28)16-19-8-10-20(11-9-19)26(34)30-22-14-15-22/h2-13,22H,14-17H2,1H3,(H,29,33)(H,30,34). The maximum atomic E-state index is 13.4. The Labute approximate surface area is 212 Å². The van der Waals surface area contributed by atoms with Crippen molar-refractivity contribution in [3.05, 3.63) is 99.8 Å². The number of rotatable bonds is 8. The number of thioether (sulfide) groups is 1. The highest BCUT2D eigenvalue weighted by atomic mass is 32.2. The average molecular weight is 499 g/mol. The van der Waals surface area contributed by atoms with E-state index in [0.717, 1.165) is 29.7 Å². The third kappa shape index (κ3) is 5.66. The topological polar surface area (TPSA) is 93.1 Å². The van der Waals surface area contributed by atoms with Crippen LogP contribution < -0.4 is 16.2 Å². The molecule has 1 aliphatic carbocycles. The second-order valence-electron chi connectivity index (χ2n) is 8.95. The van der Waals surface area contributed by atoms with Gasteiger partial charge >= 0.3 is 0 Å². The summed E-state index contributed by atoms with van der Waals surface area (Å²) in [6.45, 7) is 2.27.